The van der Waals surface area contributed by atoms with Crippen molar-refractivity contribution in [3.05, 3.63) is 23.8 Å². The summed E-state index contributed by atoms with van der Waals surface area (Å²) in [5.41, 5.74) is 8.21. The molecule has 116 valence electrons. The van der Waals surface area contributed by atoms with Gasteiger partial charge < -0.3 is 15.8 Å². The quantitative estimate of drug-likeness (QED) is 0.569. The highest BCUT2D eigenvalue weighted by Crippen LogP contribution is 2.29. The van der Waals surface area contributed by atoms with Crippen LogP contribution in [0.2, 0.25) is 0 Å². The Kier molecular flexibility index (Phi) is 6.05. The zero-order chi connectivity index (χ0) is 15.1. The maximum Gasteiger partial charge on any atom is 0.224 e. The lowest BCUT2D eigenvalue weighted by Gasteiger charge is -2.24. The lowest BCUT2D eigenvalue weighted by molar-refractivity contribution is -0.116. The monoisotopic (exact) mass is 290 g/mol. The standard InChI is InChI=1S/C17H26N2O2/c1-13-7-8-15(18)12-16(13)19-17(20)6-3-10-21-11-9-14-4-2-5-14/h7-8,12,14H,2-6,9-11,18H2,1H3,(H,19,20). The molecule has 1 amide bonds. The van der Waals surface area contributed by atoms with Gasteiger partial charge in [0.05, 0.1) is 0 Å². The Morgan fingerprint density at radius 3 is 2.90 bits per heavy atom. The summed E-state index contributed by atoms with van der Waals surface area (Å²) in [6.07, 6.45) is 6.54. The fourth-order valence-corrected chi connectivity index (χ4v) is 2.46. The number of nitrogen functional groups attached to an aromatic ring is 1. The van der Waals surface area contributed by atoms with Crippen LogP contribution in [-0.4, -0.2) is 19.1 Å². The number of nitrogens with two attached hydrogens (primary N) is 1. The van der Waals surface area contributed by atoms with Crippen molar-refractivity contribution >= 4 is 17.3 Å². The number of rotatable bonds is 8. The third-order valence-electron chi connectivity index (χ3n) is 4.12. The number of anilines is 2. The number of hydrogen-bond acceptors (Lipinski definition) is 3. The Bertz CT molecular complexity index is 470. The van der Waals surface area contributed by atoms with Gasteiger partial charge in [-0.05, 0) is 43.4 Å². The summed E-state index contributed by atoms with van der Waals surface area (Å²) in [6.45, 7) is 3.45. The minimum Gasteiger partial charge on any atom is -0.399 e. The number of nitrogens with one attached hydrogen (secondary N) is 1. The summed E-state index contributed by atoms with van der Waals surface area (Å²) in [7, 11) is 0. The summed E-state index contributed by atoms with van der Waals surface area (Å²) >= 11 is 0. The van der Waals surface area contributed by atoms with Gasteiger partial charge in [-0.15, -0.1) is 0 Å². The van der Waals surface area contributed by atoms with Crippen LogP contribution in [0.5, 0.6) is 0 Å². The Labute approximate surface area is 127 Å². The molecule has 1 saturated carbocycles. The number of benzene rings is 1. The second-order valence-corrected chi connectivity index (χ2v) is 5.92. The van der Waals surface area contributed by atoms with E-state index in [0.717, 1.165) is 30.2 Å². The number of carbonyl (C=O) groups is 1. The summed E-state index contributed by atoms with van der Waals surface area (Å²) < 4.78 is 5.58. The maximum absolute atomic E-state index is 11.9. The predicted octanol–water partition coefficient (Wildman–Crippen LogP) is 3.50. The highest BCUT2D eigenvalue weighted by Gasteiger charge is 2.16. The van der Waals surface area contributed by atoms with Gasteiger partial charge in [-0.25, -0.2) is 0 Å². The molecular formula is C17H26N2O2. The summed E-state index contributed by atoms with van der Waals surface area (Å²) in [5.74, 6) is 0.908. The highest BCUT2D eigenvalue weighted by atomic mass is 16.5. The van der Waals surface area contributed by atoms with E-state index in [2.05, 4.69) is 5.32 Å². The van der Waals surface area contributed by atoms with Crippen molar-refractivity contribution in [2.45, 2.75) is 45.4 Å². The van der Waals surface area contributed by atoms with Crippen molar-refractivity contribution < 1.29 is 9.53 Å². The van der Waals surface area contributed by atoms with Crippen molar-refractivity contribution in [3.8, 4) is 0 Å². The molecule has 2 rings (SSSR count). The van der Waals surface area contributed by atoms with Crippen LogP contribution in [0.25, 0.3) is 0 Å². The van der Waals surface area contributed by atoms with Crippen molar-refractivity contribution in [2.24, 2.45) is 5.92 Å². The molecule has 0 saturated heterocycles. The van der Waals surface area contributed by atoms with Gasteiger partial charge >= 0.3 is 0 Å². The molecule has 0 aromatic heterocycles. The van der Waals surface area contributed by atoms with Crippen LogP contribution in [0.4, 0.5) is 11.4 Å². The molecule has 1 aromatic rings. The highest BCUT2D eigenvalue weighted by molar-refractivity contribution is 5.91. The van der Waals surface area contributed by atoms with Crippen molar-refractivity contribution in [2.75, 3.05) is 24.3 Å². The van der Waals surface area contributed by atoms with Crippen molar-refractivity contribution in [3.63, 3.8) is 0 Å². The lowest BCUT2D eigenvalue weighted by Crippen LogP contribution is -2.15. The van der Waals surface area contributed by atoms with E-state index in [4.69, 9.17) is 10.5 Å². The van der Waals surface area contributed by atoms with E-state index in [1.165, 1.54) is 25.7 Å². The second kappa shape index (κ2) is 8.03. The number of aryl methyl sites for hydroxylation is 1. The van der Waals surface area contributed by atoms with E-state index in [1.807, 2.05) is 19.1 Å². The zero-order valence-electron chi connectivity index (χ0n) is 12.9. The molecule has 0 unspecified atom stereocenters. The molecule has 0 heterocycles. The Morgan fingerprint density at radius 1 is 1.38 bits per heavy atom. The molecule has 3 N–H and O–H groups in total. The Hall–Kier alpha value is -1.55. The Balaban J connectivity index is 1.57. The van der Waals surface area contributed by atoms with Gasteiger partial charge in [-0.1, -0.05) is 25.3 Å². The van der Waals surface area contributed by atoms with Crippen molar-refractivity contribution in [1.82, 2.24) is 0 Å². The third-order valence-corrected chi connectivity index (χ3v) is 4.12. The Morgan fingerprint density at radius 2 is 2.19 bits per heavy atom. The minimum atomic E-state index is 0.0197. The van der Waals surface area contributed by atoms with Crippen LogP contribution in [0.15, 0.2) is 18.2 Å². The first-order valence-electron chi connectivity index (χ1n) is 7.89. The molecule has 21 heavy (non-hydrogen) atoms. The van der Waals surface area contributed by atoms with E-state index in [1.54, 1.807) is 6.07 Å². The van der Waals surface area contributed by atoms with Gasteiger partial charge in [0, 0.05) is 31.0 Å². The second-order valence-electron chi connectivity index (χ2n) is 5.92. The van der Waals surface area contributed by atoms with E-state index >= 15 is 0 Å². The lowest BCUT2D eigenvalue weighted by atomic mass is 9.83. The van der Waals surface area contributed by atoms with E-state index < -0.39 is 0 Å². The van der Waals surface area contributed by atoms with Crippen LogP contribution in [0.3, 0.4) is 0 Å². The molecule has 4 heteroatoms. The number of carbonyl (C=O) groups excluding carboxylic acids is 1. The van der Waals surface area contributed by atoms with E-state index in [0.29, 0.717) is 18.7 Å². The molecular weight excluding hydrogens is 264 g/mol. The number of ether oxygens (including phenoxy) is 1. The van der Waals surface area contributed by atoms with Gasteiger partial charge in [0.1, 0.15) is 0 Å². The SMILES string of the molecule is Cc1ccc(N)cc1NC(=O)CCCOCCC1CCC1. The van der Waals surface area contributed by atoms with E-state index in [9.17, 15) is 4.79 Å². The zero-order valence-corrected chi connectivity index (χ0v) is 12.9. The maximum atomic E-state index is 11.9. The smallest absolute Gasteiger partial charge is 0.224 e. The van der Waals surface area contributed by atoms with Gasteiger partial charge in [0.2, 0.25) is 5.91 Å². The van der Waals surface area contributed by atoms with Crippen LogP contribution < -0.4 is 11.1 Å². The summed E-state index contributed by atoms with van der Waals surface area (Å²) in [5, 5.41) is 2.90. The van der Waals surface area contributed by atoms with Crippen LogP contribution in [-0.2, 0) is 9.53 Å². The largest absolute Gasteiger partial charge is 0.399 e. The predicted molar refractivity (Wildman–Crippen MR) is 86.2 cm³/mol. The first kappa shape index (κ1) is 15.8. The first-order chi connectivity index (χ1) is 10.1. The minimum absolute atomic E-state index is 0.0197. The van der Waals surface area contributed by atoms with Crippen LogP contribution in [0.1, 0.15) is 44.1 Å². The van der Waals surface area contributed by atoms with Gasteiger partial charge in [0.25, 0.3) is 0 Å². The summed E-state index contributed by atoms with van der Waals surface area (Å²) in [6, 6.07) is 5.54. The third kappa shape index (κ3) is 5.38. The van der Waals surface area contributed by atoms with Crippen LogP contribution in [0, 0.1) is 12.8 Å². The molecule has 0 spiro atoms. The average Bonchev–Trinajstić information content (AvgIpc) is 2.40. The molecule has 1 aromatic carbocycles. The number of amides is 1. The molecule has 1 aliphatic rings. The van der Waals surface area contributed by atoms with E-state index in [-0.39, 0.29) is 5.91 Å². The average molecular weight is 290 g/mol. The van der Waals surface area contributed by atoms with Gasteiger partial charge in [0.15, 0.2) is 0 Å². The van der Waals surface area contributed by atoms with Gasteiger partial charge in [-0.3, -0.25) is 4.79 Å². The fourth-order valence-electron chi connectivity index (χ4n) is 2.46. The van der Waals surface area contributed by atoms with Gasteiger partial charge in [-0.2, -0.15) is 0 Å². The molecule has 1 fully saturated rings. The summed E-state index contributed by atoms with van der Waals surface area (Å²) in [4.78, 5) is 11.9. The first-order valence-corrected chi connectivity index (χ1v) is 7.89. The molecule has 0 radical (unpaired) electrons. The molecule has 0 bridgehead atoms. The topological polar surface area (TPSA) is 64.3 Å². The normalized spacial score (nSPS) is 14.7. The number of hydrogen-bond donors (Lipinski definition) is 2. The van der Waals surface area contributed by atoms with Crippen LogP contribution >= 0.6 is 0 Å². The molecule has 1 aliphatic carbocycles. The molecule has 4 nitrogen and oxygen atoms in total. The molecule has 0 atom stereocenters. The van der Waals surface area contributed by atoms with Crippen molar-refractivity contribution in [1.29, 1.82) is 0 Å². The molecule has 0 aliphatic heterocycles. The fraction of sp³-hybridized carbons (Fsp3) is 0.588.